The summed E-state index contributed by atoms with van der Waals surface area (Å²) in [5.74, 6) is -0.249. The van der Waals surface area contributed by atoms with Gasteiger partial charge in [0.05, 0.1) is 12.1 Å². The topological polar surface area (TPSA) is 70.7 Å². The predicted octanol–water partition coefficient (Wildman–Crippen LogP) is -0.0144. The zero-order chi connectivity index (χ0) is 14.9. The normalized spacial score (nSPS) is 11.2. The van der Waals surface area contributed by atoms with Gasteiger partial charge in [0.15, 0.2) is 0 Å². The molecule has 0 rings (SSSR count). The molecule has 0 aromatic rings. The average Bonchev–Trinajstić information content (AvgIpc) is 2.33. The Bertz CT molecular complexity index is 293. The first kappa shape index (κ1) is 17.9. The number of nitrogens with one attached hydrogen (secondary N) is 2. The molecular weight excluding hydrogens is 246 g/mol. The van der Waals surface area contributed by atoms with E-state index in [0.717, 1.165) is 6.42 Å². The quantitative estimate of drug-likeness (QED) is 0.580. The minimum atomic E-state index is -0.653. The van der Waals surface area contributed by atoms with Gasteiger partial charge >= 0.3 is 0 Å². The van der Waals surface area contributed by atoms with Gasteiger partial charge in [-0.15, -0.1) is 0 Å². The monoisotopic (exact) mass is 273 g/mol. The van der Waals surface area contributed by atoms with Crippen LogP contribution in [-0.2, 0) is 14.3 Å². The molecule has 0 aliphatic heterocycles. The van der Waals surface area contributed by atoms with Gasteiger partial charge in [0.2, 0.25) is 11.8 Å². The number of nitrogens with zero attached hydrogens (tertiary/aromatic N) is 1. The molecule has 19 heavy (non-hydrogen) atoms. The second-order valence-corrected chi connectivity index (χ2v) is 5.01. The molecule has 0 saturated heterocycles. The Hall–Kier alpha value is -1.14. The first-order valence-corrected chi connectivity index (χ1v) is 6.61. The van der Waals surface area contributed by atoms with Crippen LogP contribution in [0.3, 0.4) is 0 Å². The van der Waals surface area contributed by atoms with Crippen molar-refractivity contribution in [3.05, 3.63) is 0 Å². The first-order valence-electron chi connectivity index (χ1n) is 6.61. The van der Waals surface area contributed by atoms with E-state index in [4.69, 9.17) is 4.74 Å². The van der Waals surface area contributed by atoms with Crippen LogP contribution in [0.25, 0.3) is 0 Å². The first-order chi connectivity index (χ1) is 8.85. The van der Waals surface area contributed by atoms with Crippen molar-refractivity contribution in [1.82, 2.24) is 15.5 Å². The Morgan fingerprint density at radius 3 is 2.47 bits per heavy atom. The molecule has 112 valence electrons. The Morgan fingerprint density at radius 2 is 1.95 bits per heavy atom. The van der Waals surface area contributed by atoms with Crippen molar-refractivity contribution in [2.24, 2.45) is 0 Å². The molecular formula is C13H27N3O3. The van der Waals surface area contributed by atoms with Crippen LogP contribution >= 0.6 is 0 Å². The van der Waals surface area contributed by atoms with Crippen molar-refractivity contribution in [3.8, 4) is 0 Å². The molecule has 0 atom stereocenters. The fourth-order valence-corrected chi connectivity index (χ4v) is 1.78. The highest BCUT2D eigenvalue weighted by Gasteiger charge is 2.29. The number of likely N-dealkylation sites (N-methyl/N-ethyl adjacent to an activating group) is 2. The molecule has 2 N–H and O–H groups in total. The maximum atomic E-state index is 12.1. The van der Waals surface area contributed by atoms with Gasteiger partial charge in [-0.05, 0) is 26.8 Å². The number of rotatable bonds is 9. The highest BCUT2D eigenvalue weighted by molar-refractivity contribution is 5.89. The van der Waals surface area contributed by atoms with Crippen molar-refractivity contribution in [2.45, 2.75) is 32.7 Å². The molecule has 2 amide bonds. The van der Waals surface area contributed by atoms with Gasteiger partial charge in [-0.1, -0.05) is 6.92 Å². The Balaban J connectivity index is 4.11. The summed E-state index contributed by atoms with van der Waals surface area (Å²) in [6.07, 6.45) is 0.767. The van der Waals surface area contributed by atoms with Crippen LogP contribution in [0.4, 0.5) is 0 Å². The molecule has 0 spiro atoms. The van der Waals surface area contributed by atoms with E-state index in [2.05, 4.69) is 10.6 Å². The molecule has 0 aromatic carbocycles. The minimum Gasteiger partial charge on any atom is -0.385 e. The second-order valence-electron chi connectivity index (χ2n) is 5.01. The van der Waals surface area contributed by atoms with Crippen molar-refractivity contribution < 1.29 is 14.3 Å². The number of carbonyl (C=O) groups excluding carboxylic acids is 2. The fraction of sp³-hybridized carbons (Fsp3) is 0.846. The van der Waals surface area contributed by atoms with Crippen LogP contribution in [0.1, 0.15) is 27.2 Å². The summed E-state index contributed by atoms with van der Waals surface area (Å²) in [4.78, 5) is 25.2. The standard InChI is InChI=1S/C13H27N3O3/c1-6-15-13(2,3)12(18)16(4)10-11(17)14-8-7-9-19-5/h15H,6-10H2,1-5H3,(H,14,17). The third-order valence-corrected chi connectivity index (χ3v) is 2.73. The zero-order valence-corrected chi connectivity index (χ0v) is 12.7. The van der Waals surface area contributed by atoms with E-state index < -0.39 is 5.54 Å². The van der Waals surface area contributed by atoms with E-state index in [1.807, 2.05) is 20.8 Å². The largest absolute Gasteiger partial charge is 0.385 e. The molecule has 0 aliphatic rings. The van der Waals surface area contributed by atoms with Crippen LogP contribution in [0, 0.1) is 0 Å². The number of hydrogen-bond donors (Lipinski definition) is 2. The third-order valence-electron chi connectivity index (χ3n) is 2.73. The van der Waals surface area contributed by atoms with Gasteiger partial charge in [-0.2, -0.15) is 0 Å². The lowest BCUT2D eigenvalue weighted by Crippen LogP contribution is -2.54. The second kappa shape index (κ2) is 8.87. The van der Waals surface area contributed by atoms with Gasteiger partial charge in [-0.3, -0.25) is 9.59 Å². The predicted molar refractivity (Wildman–Crippen MR) is 74.9 cm³/mol. The maximum absolute atomic E-state index is 12.1. The van der Waals surface area contributed by atoms with Crippen LogP contribution < -0.4 is 10.6 Å². The van der Waals surface area contributed by atoms with Crippen molar-refractivity contribution in [3.63, 3.8) is 0 Å². The van der Waals surface area contributed by atoms with Gasteiger partial charge in [0.25, 0.3) is 0 Å². The average molecular weight is 273 g/mol. The lowest BCUT2D eigenvalue weighted by molar-refractivity contribution is -0.139. The summed E-state index contributed by atoms with van der Waals surface area (Å²) in [6.45, 7) is 7.51. The van der Waals surface area contributed by atoms with Gasteiger partial charge < -0.3 is 20.3 Å². The number of methoxy groups -OCH3 is 1. The maximum Gasteiger partial charge on any atom is 0.242 e. The van der Waals surface area contributed by atoms with E-state index in [9.17, 15) is 9.59 Å². The highest BCUT2D eigenvalue weighted by Crippen LogP contribution is 2.06. The SMILES string of the molecule is CCNC(C)(C)C(=O)N(C)CC(=O)NCCCOC. The molecule has 0 aromatic heterocycles. The van der Waals surface area contributed by atoms with E-state index in [0.29, 0.717) is 19.7 Å². The Kier molecular flexibility index (Phi) is 8.34. The summed E-state index contributed by atoms with van der Waals surface area (Å²) in [6, 6.07) is 0. The van der Waals surface area contributed by atoms with E-state index in [1.54, 1.807) is 14.2 Å². The lowest BCUT2D eigenvalue weighted by Gasteiger charge is -2.29. The Morgan fingerprint density at radius 1 is 1.32 bits per heavy atom. The van der Waals surface area contributed by atoms with Gasteiger partial charge in [0, 0.05) is 27.3 Å². The summed E-state index contributed by atoms with van der Waals surface area (Å²) < 4.78 is 4.89. The summed E-state index contributed by atoms with van der Waals surface area (Å²) in [7, 11) is 3.26. The van der Waals surface area contributed by atoms with Crippen molar-refractivity contribution in [1.29, 1.82) is 0 Å². The molecule has 0 unspecified atom stereocenters. The molecule has 0 saturated carbocycles. The molecule has 6 nitrogen and oxygen atoms in total. The number of ether oxygens (including phenoxy) is 1. The molecule has 0 radical (unpaired) electrons. The van der Waals surface area contributed by atoms with E-state index >= 15 is 0 Å². The fourth-order valence-electron chi connectivity index (χ4n) is 1.78. The molecule has 0 bridgehead atoms. The highest BCUT2D eigenvalue weighted by atomic mass is 16.5. The molecule has 0 aliphatic carbocycles. The summed E-state index contributed by atoms with van der Waals surface area (Å²) in [5, 5.41) is 5.85. The number of hydrogen-bond acceptors (Lipinski definition) is 4. The minimum absolute atomic E-state index is 0.0701. The van der Waals surface area contributed by atoms with Crippen molar-refractivity contribution >= 4 is 11.8 Å². The third kappa shape index (κ3) is 7.12. The lowest BCUT2D eigenvalue weighted by atomic mass is 10.0. The van der Waals surface area contributed by atoms with Crippen LogP contribution in [-0.4, -0.2) is 62.7 Å². The van der Waals surface area contributed by atoms with Crippen LogP contribution in [0.5, 0.6) is 0 Å². The number of amides is 2. The molecule has 0 fully saturated rings. The van der Waals surface area contributed by atoms with Crippen LogP contribution in [0.2, 0.25) is 0 Å². The van der Waals surface area contributed by atoms with Crippen molar-refractivity contribution in [2.75, 3.05) is 40.4 Å². The van der Waals surface area contributed by atoms with Crippen LogP contribution in [0.15, 0.2) is 0 Å². The van der Waals surface area contributed by atoms with E-state index in [-0.39, 0.29) is 18.4 Å². The summed E-state index contributed by atoms with van der Waals surface area (Å²) >= 11 is 0. The molecule has 6 heteroatoms. The number of carbonyl (C=O) groups is 2. The van der Waals surface area contributed by atoms with Gasteiger partial charge in [0.1, 0.15) is 0 Å². The summed E-state index contributed by atoms with van der Waals surface area (Å²) in [5.41, 5.74) is -0.653. The molecule has 0 heterocycles. The van der Waals surface area contributed by atoms with Gasteiger partial charge in [-0.25, -0.2) is 0 Å². The zero-order valence-electron chi connectivity index (χ0n) is 12.7. The smallest absolute Gasteiger partial charge is 0.242 e. The van der Waals surface area contributed by atoms with E-state index in [1.165, 1.54) is 4.90 Å². The Labute approximate surface area is 115 Å².